The highest BCUT2D eigenvalue weighted by Gasteiger charge is 2.38. The molecule has 0 spiro atoms. The second-order valence-corrected chi connectivity index (χ2v) is 7.94. The van der Waals surface area contributed by atoms with Gasteiger partial charge in [0.2, 0.25) is 0 Å². The third-order valence-electron chi connectivity index (χ3n) is 5.31. The van der Waals surface area contributed by atoms with Crippen molar-refractivity contribution in [3.63, 3.8) is 0 Å². The number of nitrogens with zero attached hydrogens (tertiary/aromatic N) is 1. The summed E-state index contributed by atoms with van der Waals surface area (Å²) in [5.41, 5.74) is 6.59. The fourth-order valence-electron chi connectivity index (χ4n) is 3.80. The van der Waals surface area contributed by atoms with Gasteiger partial charge in [-0.3, -0.25) is 9.79 Å². The predicted molar refractivity (Wildman–Crippen MR) is 106 cm³/mol. The summed E-state index contributed by atoms with van der Waals surface area (Å²) < 4.78 is 1.04. The minimum absolute atomic E-state index is 0.0667. The molecule has 0 bridgehead atoms. The van der Waals surface area contributed by atoms with Crippen molar-refractivity contribution in [1.29, 1.82) is 0 Å². The number of rotatable bonds is 1. The summed E-state index contributed by atoms with van der Waals surface area (Å²) >= 11 is 3.50. The first-order chi connectivity index (χ1) is 12.0. The van der Waals surface area contributed by atoms with Crippen LogP contribution in [-0.2, 0) is 4.79 Å². The number of aliphatic imine (C=N–C) groups is 1. The monoisotopic (exact) mass is 396 g/mol. The number of benzene rings is 2. The van der Waals surface area contributed by atoms with Crippen LogP contribution in [0.25, 0.3) is 0 Å². The standard InChI is InChI=1S/C21H21BrN2O/c1-12-10-17-18(11-13(12)2)24-21(14-6-8-15(22)9-7-14)20-16(23-17)4-3-5-19(20)25/h6-11,20-21,24H,3-5H2,1-2H3. The van der Waals surface area contributed by atoms with E-state index in [9.17, 15) is 4.79 Å². The number of aryl methyl sites for hydroxylation is 2. The molecule has 128 valence electrons. The van der Waals surface area contributed by atoms with Crippen LogP contribution in [0.5, 0.6) is 0 Å². The van der Waals surface area contributed by atoms with Crippen LogP contribution >= 0.6 is 15.9 Å². The lowest BCUT2D eigenvalue weighted by molar-refractivity contribution is -0.122. The molecule has 1 aliphatic heterocycles. The van der Waals surface area contributed by atoms with E-state index >= 15 is 0 Å². The zero-order valence-corrected chi connectivity index (χ0v) is 16.1. The highest BCUT2D eigenvalue weighted by molar-refractivity contribution is 9.10. The summed E-state index contributed by atoms with van der Waals surface area (Å²) in [6.45, 7) is 4.22. The van der Waals surface area contributed by atoms with Gasteiger partial charge in [0.1, 0.15) is 5.78 Å². The molecule has 4 heteroatoms. The number of carbonyl (C=O) groups excluding carboxylic acids is 1. The molecule has 0 amide bonds. The van der Waals surface area contributed by atoms with Gasteiger partial charge in [0.25, 0.3) is 0 Å². The molecule has 1 N–H and O–H groups in total. The predicted octanol–water partition coefficient (Wildman–Crippen LogP) is 5.67. The van der Waals surface area contributed by atoms with E-state index in [1.807, 2.05) is 12.1 Å². The van der Waals surface area contributed by atoms with E-state index in [0.29, 0.717) is 12.2 Å². The fourth-order valence-corrected chi connectivity index (χ4v) is 4.07. The van der Waals surface area contributed by atoms with Crippen LogP contribution in [0.15, 0.2) is 45.9 Å². The maximum absolute atomic E-state index is 12.8. The molecule has 0 saturated heterocycles. The van der Waals surface area contributed by atoms with Crippen molar-refractivity contribution in [2.75, 3.05) is 5.32 Å². The smallest absolute Gasteiger partial charge is 0.144 e. The topological polar surface area (TPSA) is 41.5 Å². The van der Waals surface area contributed by atoms with Crippen LogP contribution in [0.3, 0.4) is 0 Å². The Balaban J connectivity index is 1.87. The van der Waals surface area contributed by atoms with Crippen LogP contribution < -0.4 is 5.32 Å². The summed E-state index contributed by atoms with van der Waals surface area (Å²) in [5, 5.41) is 3.64. The molecule has 1 saturated carbocycles. The lowest BCUT2D eigenvalue weighted by Crippen LogP contribution is -2.36. The third kappa shape index (κ3) is 3.04. The lowest BCUT2D eigenvalue weighted by atomic mass is 9.78. The summed E-state index contributed by atoms with van der Waals surface area (Å²) in [4.78, 5) is 17.7. The van der Waals surface area contributed by atoms with E-state index in [1.54, 1.807) is 0 Å². The molecule has 2 aliphatic rings. The quantitative estimate of drug-likeness (QED) is 0.673. The van der Waals surface area contributed by atoms with Crippen molar-refractivity contribution in [2.24, 2.45) is 10.9 Å². The summed E-state index contributed by atoms with van der Waals surface area (Å²) in [6, 6.07) is 12.5. The maximum atomic E-state index is 12.8. The number of Topliss-reactive ketones (excluding diaryl/α,β-unsaturated/α-hetero) is 1. The van der Waals surface area contributed by atoms with Gasteiger partial charge in [-0.05, 0) is 67.6 Å². The molecule has 25 heavy (non-hydrogen) atoms. The maximum Gasteiger partial charge on any atom is 0.144 e. The highest BCUT2D eigenvalue weighted by Crippen LogP contribution is 2.41. The van der Waals surface area contributed by atoms with Crippen LogP contribution in [0.2, 0.25) is 0 Å². The van der Waals surface area contributed by atoms with Crippen LogP contribution in [0.4, 0.5) is 11.4 Å². The van der Waals surface area contributed by atoms with Crippen LogP contribution in [0, 0.1) is 19.8 Å². The SMILES string of the molecule is Cc1cc2c(cc1C)NC(c1ccc(Br)cc1)C1C(=O)CCCC1=N2. The van der Waals surface area contributed by atoms with E-state index in [1.165, 1.54) is 11.1 Å². The van der Waals surface area contributed by atoms with E-state index in [0.717, 1.165) is 40.0 Å². The second kappa shape index (κ2) is 6.41. The van der Waals surface area contributed by atoms with Crippen molar-refractivity contribution < 1.29 is 4.79 Å². The molecule has 1 heterocycles. The minimum atomic E-state index is -0.178. The van der Waals surface area contributed by atoms with E-state index < -0.39 is 0 Å². The van der Waals surface area contributed by atoms with E-state index in [2.05, 4.69) is 59.4 Å². The normalized spacial score (nSPS) is 22.4. The first-order valence-corrected chi connectivity index (χ1v) is 9.55. The van der Waals surface area contributed by atoms with Crippen molar-refractivity contribution in [3.8, 4) is 0 Å². The second-order valence-electron chi connectivity index (χ2n) is 7.03. The summed E-state index contributed by atoms with van der Waals surface area (Å²) in [7, 11) is 0. The molecule has 4 rings (SSSR count). The lowest BCUT2D eigenvalue weighted by Gasteiger charge is -2.30. The molecular weight excluding hydrogens is 376 g/mol. The van der Waals surface area contributed by atoms with Crippen molar-refractivity contribution in [1.82, 2.24) is 0 Å². The number of nitrogens with one attached hydrogen (secondary N) is 1. The summed E-state index contributed by atoms with van der Waals surface area (Å²) in [5.74, 6) is 0.120. The Bertz CT molecular complexity index is 870. The van der Waals surface area contributed by atoms with Gasteiger partial charge in [0.05, 0.1) is 23.3 Å². The van der Waals surface area contributed by atoms with Gasteiger partial charge < -0.3 is 5.32 Å². The molecule has 2 atom stereocenters. The van der Waals surface area contributed by atoms with Gasteiger partial charge in [-0.2, -0.15) is 0 Å². The average Bonchev–Trinajstić information content (AvgIpc) is 2.74. The molecule has 2 unspecified atom stereocenters. The first kappa shape index (κ1) is 16.5. The zero-order valence-electron chi connectivity index (χ0n) is 14.5. The molecule has 0 aromatic heterocycles. The van der Waals surface area contributed by atoms with Crippen LogP contribution in [0.1, 0.15) is 42.0 Å². The molecule has 2 aromatic carbocycles. The largest absolute Gasteiger partial charge is 0.375 e. The number of ketones is 1. The Morgan fingerprint density at radius 2 is 1.80 bits per heavy atom. The van der Waals surface area contributed by atoms with Gasteiger partial charge in [-0.1, -0.05) is 28.1 Å². The number of carbonyl (C=O) groups is 1. The van der Waals surface area contributed by atoms with E-state index in [-0.39, 0.29) is 12.0 Å². The van der Waals surface area contributed by atoms with Crippen molar-refractivity contribution >= 4 is 38.8 Å². The Morgan fingerprint density at radius 1 is 1.08 bits per heavy atom. The minimum Gasteiger partial charge on any atom is -0.375 e. The third-order valence-corrected chi connectivity index (χ3v) is 5.84. The van der Waals surface area contributed by atoms with Crippen molar-refractivity contribution in [3.05, 3.63) is 57.6 Å². The summed E-state index contributed by atoms with van der Waals surface area (Å²) in [6.07, 6.45) is 2.45. The Labute approximate surface area is 156 Å². The van der Waals surface area contributed by atoms with Gasteiger partial charge in [0.15, 0.2) is 0 Å². The van der Waals surface area contributed by atoms with Gasteiger partial charge >= 0.3 is 0 Å². The fraction of sp³-hybridized carbons (Fsp3) is 0.333. The van der Waals surface area contributed by atoms with Gasteiger partial charge in [-0.15, -0.1) is 0 Å². The van der Waals surface area contributed by atoms with Crippen LogP contribution in [-0.4, -0.2) is 11.5 Å². The molecule has 3 nitrogen and oxygen atoms in total. The molecular formula is C21H21BrN2O. The molecule has 2 aromatic rings. The number of hydrogen-bond donors (Lipinski definition) is 1. The molecule has 1 aliphatic carbocycles. The Morgan fingerprint density at radius 3 is 2.56 bits per heavy atom. The average molecular weight is 397 g/mol. The van der Waals surface area contributed by atoms with Gasteiger partial charge in [-0.25, -0.2) is 0 Å². The first-order valence-electron chi connectivity index (χ1n) is 8.76. The number of halogens is 1. The highest BCUT2D eigenvalue weighted by atomic mass is 79.9. The number of anilines is 1. The van der Waals surface area contributed by atoms with Gasteiger partial charge in [0, 0.05) is 16.6 Å². The number of hydrogen-bond acceptors (Lipinski definition) is 3. The van der Waals surface area contributed by atoms with Crippen molar-refractivity contribution in [2.45, 2.75) is 39.2 Å². The molecule has 1 fully saturated rings. The Hall–Kier alpha value is -1.94. The zero-order chi connectivity index (χ0) is 17.6. The Kier molecular flexibility index (Phi) is 4.24. The molecule has 0 radical (unpaired) electrons. The van der Waals surface area contributed by atoms with E-state index in [4.69, 9.17) is 4.99 Å². The number of fused-ring (bicyclic) bond motifs is 2.